The Morgan fingerprint density at radius 1 is 1.37 bits per heavy atom. The standard InChI is InChI=1S/C15H20FNO2/c1-10(11(2)17-7-8-18-3)14-9-12-5-4-6-13(16)15(12)19-14/h4-6,9-11,17H,7-8H2,1-3H3. The maximum Gasteiger partial charge on any atom is 0.169 e. The van der Waals surface area contributed by atoms with E-state index < -0.39 is 0 Å². The first kappa shape index (κ1) is 14.0. The van der Waals surface area contributed by atoms with Crippen LogP contribution in [-0.2, 0) is 4.74 Å². The van der Waals surface area contributed by atoms with Crippen molar-refractivity contribution in [2.45, 2.75) is 25.8 Å². The third-order valence-corrected chi connectivity index (χ3v) is 3.49. The zero-order valence-electron chi connectivity index (χ0n) is 11.6. The van der Waals surface area contributed by atoms with Gasteiger partial charge < -0.3 is 14.5 Å². The molecule has 1 N–H and O–H groups in total. The van der Waals surface area contributed by atoms with Crippen LogP contribution in [0.4, 0.5) is 4.39 Å². The predicted octanol–water partition coefficient (Wildman–Crippen LogP) is 3.30. The number of hydrogen-bond donors (Lipinski definition) is 1. The molecule has 2 atom stereocenters. The molecule has 1 aromatic carbocycles. The molecule has 0 aliphatic carbocycles. The fourth-order valence-corrected chi connectivity index (χ4v) is 2.08. The van der Waals surface area contributed by atoms with Crippen molar-refractivity contribution < 1.29 is 13.5 Å². The number of fused-ring (bicyclic) bond motifs is 1. The highest BCUT2D eigenvalue weighted by atomic mass is 19.1. The van der Waals surface area contributed by atoms with Crippen LogP contribution in [0.1, 0.15) is 25.5 Å². The van der Waals surface area contributed by atoms with Gasteiger partial charge in [-0.15, -0.1) is 0 Å². The zero-order chi connectivity index (χ0) is 13.8. The van der Waals surface area contributed by atoms with Gasteiger partial charge in [0.2, 0.25) is 0 Å². The van der Waals surface area contributed by atoms with Gasteiger partial charge in [-0.2, -0.15) is 0 Å². The number of rotatable bonds is 6. The molecule has 2 rings (SSSR count). The van der Waals surface area contributed by atoms with Crippen molar-refractivity contribution in [1.82, 2.24) is 5.32 Å². The van der Waals surface area contributed by atoms with Crippen molar-refractivity contribution in [2.24, 2.45) is 0 Å². The highest BCUT2D eigenvalue weighted by Crippen LogP contribution is 2.28. The van der Waals surface area contributed by atoms with Crippen LogP contribution in [0, 0.1) is 5.82 Å². The summed E-state index contributed by atoms with van der Waals surface area (Å²) < 4.78 is 24.2. The van der Waals surface area contributed by atoms with E-state index in [1.165, 1.54) is 6.07 Å². The van der Waals surface area contributed by atoms with Crippen LogP contribution in [0.2, 0.25) is 0 Å². The molecule has 0 amide bonds. The van der Waals surface area contributed by atoms with Gasteiger partial charge in [-0.1, -0.05) is 19.1 Å². The molecule has 0 radical (unpaired) electrons. The Labute approximate surface area is 112 Å². The van der Waals surface area contributed by atoms with Crippen molar-refractivity contribution in [2.75, 3.05) is 20.3 Å². The van der Waals surface area contributed by atoms with E-state index in [1.54, 1.807) is 13.2 Å². The predicted molar refractivity (Wildman–Crippen MR) is 73.9 cm³/mol. The molecule has 19 heavy (non-hydrogen) atoms. The average Bonchev–Trinajstić information content (AvgIpc) is 2.83. The van der Waals surface area contributed by atoms with Gasteiger partial charge in [-0.25, -0.2) is 4.39 Å². The van der Waals surface area contributed by atoms with Gasteiger partial charge in [-0.05, 0) is 19.1 Å². The Morgan fingerprint density at radius 2 is 2.16 bits per heavy atom. The smallest absolute Gasteiger partial charge is 0.169 e. The summed E-state index contributed by atoms with van der Waals surface area (Å²) in [5, 5.41) is 4.17. The molecule has 0 fully saturated rings. The molecule has 0 spiro atoms. The second kappa shape index (κ2) is 6.17. The van der Waals surface area contributed by atoms with Gasteiger partial charge in [0.05, 0.1) is 6.61 Å². The minimum absolute atomic E-state index is 0.170. The summed E-state index contributed by atoms with van der Waals surface area (Å²) in [5.41, 5.74) is 0.341. The lowest BCUT2D eigenvalue weighted by molar-refractivity contribution is 0.194. The Balaban J connectivity index is 2.12. The molecule has 0 saturated carbocycles. The molecular formula is C15H20FNO2. The zero-order valence-corrected chi connectivity index (χ0v) is 11.6. The highest BCUT2D eigenvalue weighted by Gasteiger charge is 2.18. The third-order valence-electron chi connectivity index (χ3n) is 3.49. The van der Waals surface area contributed by atoms with Crippen molar-refractivity contribution in [3.05, 3.63) is 35.8 Å². The summed E-state index contributed by atoms with van der Waals surface area (Å²) in [5.74, 6) is 0.664. The highest BCUT2D eigenvalue weighted by molar-refractivity contribution is 5.78. The van der Waals surface area contributed by atoms with Gasteiger partial charge in [-0.3, -0.25) is 0 Å². The minimum atomic E-state index is -0.309. The monoisotopic (exact) mass is 265 g/mol. The number of para-hydroxylation sites is 1. The van der Waals surface area contributed by atoms with Crippen molar-refractivity contribution >= 4 is 11.0 Å². The Morgan fingerprint density at radius 3 is 2.84 bits per heavy atom. The fourth-order valence-electron chi connectivity index (χ4n) is 2.08. The molecule has 4 heteroatoms. The molecule has 0 saturated heterocycles. The normalized spacial score (nSPS) is 14.7. The number of benzene rings is 1. The number of ether oxygens (including phenoxy) is 1. The maximum absolute atomic E-state index is 13.6. The van der Waals surface area contributed by atoms with E-state index in [9.17, 15) is 4.39 Å². The van der Waals surface area contributed by atoms with Crippen LogP contribution in [0.15, 0.2) is 28.7 Å². The van der Waals surface area contributed by atoms with Gasteiger partial charge in [0.1, 0.15) is 5.76 Å². The van der Waals surface area contributed by atoms with E-state index in [2.05, 4.69) is 19.2 Å². The van der Waals surface area contributed by atoms with Crippen LogP contribution in [-0.4, -0.2) is 26.3 Å². The molecule has 0 aliphatic heterocycles. The van der Waals surface area contributed by atoms with Gasteiger partial charge in [0.25, 0.3) is 0 Å². The van der Waals surface area contributed by atoms with E-state index in [-0.39, 0.29) is 17.8 Å². The molecule has 0 aliphatic rings. The summed E-state index contributed by atoms with van der Waals surface area (Å²) in [6.07, 6.45) is 0. The first-order valence-electron chi connectivity index (χ1n) is 6.53. The first-order valence-corrected chi connectivity index (χ1v) is 6.53. The van der Waals surface area contributed by atoms with E-state index in [0.717, 1.165) is 17.7 Å². The quantitative estimate of drug-likeness (QED) is 0.814. The number of nitrogens with one attached hydrogen (secondary N) is 1. The molecule has 0 bridgehead atoms. The largest absolute Gasteiger partial charge is 0.458 e. The molecule has 3 nitrogen and oxygen atoms in total. The number of halogens is 1. The summed E-state index contributed by atoms with van der Waals surface area (Å²) in [6, 6.07) is 7.13. The van der Waals surface area contributed by atoms with Crippen LogP contribution in [0.5, 0.6) is 0 Å². The average molecular weight is 265 g/mol. The molecule has 2 unspecified atom stereocenters. The topological polar surface area (TPSA) is 34.4 Å². The van der Waals surface area contributed by atoms with Crippen LogP contribution >= 0.6 is 0 Å². The van der Waals surface area contributed by atoms with E-state index in [0.29, 0.717) is 12.2 Å². The van der Waals surface area contributed by atoms with Crippen molar-refractivity contribution in [3.8, 4) is 0 Å². The van der Waals surface area contributed by atoms with Crippen LogP contribution in [0.25, 0.3) is 11.0 Å². The van der Waals surface area contributed by atoms with Crippen LogP contribution < -0.4 is 5.32 Å². The SMILES string of the molecule is COCCNC(C)C(C)c1cc2cccc(F)c2o1. The van der Waals surface area contributed by atoms with E-state index >= 15 is 0 Å². The lowest BCUT2D eigenvalue weighted by Crippen LogP contribution is -2.33. The summed E-state index contributed by atoms with van der Waals surface area (Å²) in [7, 11) is 1.68. The molecular weight excluding hydrogens is 245 g/mol. The van der Waals surface area contributed by atoms with Crippen LogP contribution in [0.3, 0.4) is 0 Å². The first-order chi connectivity index (χ1) is 9.13. The van der Waals surface area contributed by atoms with Crippen molar-refractivity contribution in [1.29, 1.82) is 0 Å². The Bertz CT molecular complexity index is 538. The molecule has 1 aromatic heterocycles. The minimum Gasteiger partial charge on any atom is -0.458 e. The summed E-state index contributed by atoms with van der Waals surface area (Å²) >= 11 is 0. The molecule has 104 valence electrons. The van der Waals surface area contributed by atoms with Gasteiger partial charge >= 0.3 is 0 Å². The Kier molecular flexibility index (Phi) is 4.56. The number of furan rings is 1. The molecule has 2 aromatic rings. The third kappa shape index (κ3) is 3.14. The number of hydrogen-bond acceptors (Lipinski definition) is 3. The van der Waals surface area contributed by atoms with E-state index in [1.807, 2.05) is 12.1 Å². The summed E-state index contributed by atoms with van der Waals surface area (Å²) in [4.78, 5) is 0. The van der Waals surface area contributed by atoms with Crippen molar-refractivity contribution in [3.63, 3.8) is 0 Å². The lowest BCUT2D eigenvalue weighted by atomic mass is 10.0. The second-order valence-corrected chi connectivity index (χ2v) is 4.83. The second-order valence-electron chi connectivity index (χ2n) is 4.83. The molecule has 1 heterocycles. The Hall–Kier alpha value is -1.39. The van der Waals surface area contributed by atoms with Gasteiger partial charge in [0, 0.05) is 31.0 Å². The summed E-state index contributed by atoms with van der Waals surface area (Å²) in [6.45, 7) is 5.62. The fraction of sp³-hybridized carbons (Fsp3) is 0.467. The maximum atomic E-state index is 13.6. The van der Waals surface area contributed by atoms with Gasteiger partial charge in [0.15, 0.2) is 11.4 Å². The lowest BCUT2D eigenvalue weighted by Gasteiger charge is -2.19. The number of methoxy groups -OCH3 is 1. The van der Waals surface area contributed by atoms with E-state index in [4.69, 9.17) is 9.15 Å².